The summed E-state index contributed by atoms with van der Waals surface area (Å²) in [5, 5.41) is 5.79. The Hall–Kier alpha value is -2.95. The molecule has 0 saturated carbocycles. The smallest absolute Gasteiger partial charge is 0.228 e. The number of carbonyl (C=O) groups excluding carboxylic acids is 2. The lowest BCUT2D eigenvalue weighted by Gasteiger charge is -2.13. The number of hydrogen-bond donors (Lipinski definition) is 2. The molecule has 0 aliphatic heterocycles. The highest BCUT2D eigenvalue weighted by Crippen LogP contribution is 2.24. The summed E-state index contributed by atoms with van der Waals surface area (Å²) < 4.78 is 0. The van der Waals surface area contributed by atoms with Gasteiger partial charge < -0.3 is 10.6 Å². The van der Waals surface area contributed by atoms with E-state index in [4.69, 9.17) is 0 Å². The van der Waals surface area contributed by atoms with E-state index in [2.05, 4.69) is 27.8 Å². The van der Waals surface area contributed by atoms with Crippen LogP contribution in [-0.2, 0) is 16.0 Å². The number of rotatable bonds is 6. The molecule has 1 aliphatic rings. The van der Waals surface area contributed by atoms with Crippen molar-refractivity contribution < 1.29 is 9.59 Å². The number of anilines is 2. The highest BCUT2D eigenvalue weighted by molar-refractivity contribution is 6.00. The number of allylic oxidation sites excluding steroid dienone is 2. The van der Waals surface area contributed by atoms with Gasteiger partial charge in [0.2, 0.25) is 11.8 Å². The molecule has 1 aliphatic carbocycles. The van der Waals surface area contributed by atoms with Crippen LogP contribution in [-0.4, -0.2) is 16.8 Å². The molecule has 5 heteroatoms. The lowest BCUT2D eigenvalue weighted by atomic mass is 10.0. The fourth-order valence-electron chi connectivity index (χ4n) is 2.99. The highest BCUT2D eigenvalue weighted by atomic mass is 16.2. The first-order valence-corrected chi connectivity index (χ1v) is 8.87. The standard InChI is InChI=1S/C21H23N3O2/c1-15-10-11-17(14-22-15)13-21(26)24-19-9-5-4-8-18(19)23-20(25)12-16-6-2-3-7-16/h2,4-6,8-11,14,16H,3,7,12-13H2,1H3,(H,23,25)(H,24,26)/t16-/m0/s1. The van der Waals surface area contributed by atoms with Gasteiger partial charge in [0.25, 0.3) is 0 Å². The molecular formula is C21H23N3O2. The second-order valence-electron chi connectivity index (χ2n) is 6.60. The number of nitrogens with one attached hydrogen (secondary N) is 2. The molecule has 0 bridgehead atoms. The number of pyridine rings is 1. The first-order valence-electron chi connectivity index (χ1n) is 8.87. The van der Waals surface area contributed by atoms with E-state index in [0.29, 0.717) is 23.7 Å². The van der Waals surface area contributed by atoms with Crippen molar-refractivity contribution in [1.82, 2.24) is 4.98 Å². The maximum Gasteiger partial charge on any atom is 0.228 e. The molecule has 0 spiro atoms. The van der Waals surface area contributed by atoms with Crippen LogP contribution >= 0.6 is 0 Å². The Bertz CT molecular complexity index is 812. The van der Waals surface area contributed by atoms with E-state index in [-0.39, 0.29) is 18.2 Å². The molecule has 1 aromatic carbocycles. The Morgan fingerprint density at radius 1 is 1.08 bits per heavy atom. The van der Waals surface area contributed by atoms with Crippen LogP contribution in [0.5, 0.6) is 0 Å². The van der Waals surface area contributed by atoms with Crippen molar-refractivity contribution in [3.05, 3.63) is 66.0 Å². The fraction of sp³-hybridized carbons (Fsp3) is 0.286. The Morgan fingerprint density at radius 2 is 1.81 bits per heavy atom. The van der Waals surface area contributed by atoms with E-state index in [1.54, 1.807) is 18.3 Å². The van der Waals surface area contributed by atoms with Crippen molar-refractivity contribution in [2.75, 3.05) is 10.6 Å². The Morgan fingerprint density at radius 3 is 2.42 bits per heavy atom. The van der Waals surface area contributed by atoms with Gasteiger partial charge in [-0.1, -0.05) is 30.4 Å². The molecule has 1 heterocycles. The molecule has 2 amide bonds. The number of nitrogens with zero attached hydrogens (tertiary/aromatic N) is 1. The molecule has 2 aromatic rings. The Kier molecular flexibility index (Phi) is 5.79. The topological polar surface area (TPSA) is 71.1 Å². The van der Waals surface area contributed by atoms with Gasteiger partial charge in [-0.3, -0.25) is 14.6 Å². The van der Waals surface area contributed by atoms with Crippen LogP contribution in [0.4, 0.5) is 11.4 Å². The molecule has 3 rings (SSSR count). The predicted molar refractivity (Wildman–Crippen MR) is 103 cm³/mol. The summed E-state index contributed by atoms with van der Waals surface area (Å²) in [6.45, 7) is 1.91. The molecule has 134 valence electrons. The van der Waals surface area contributed by atoms with E-state index >= 15 is 0 Å². The summed E-state index contributed by atoms with van der Waals surface area (Å²) in [6.07, 6.45) is 8.69. The van der Waals surface area contributed by atoms with Gasteiger partial charge in [-0.25, -0.2) is 0 Å². The zero-order valence-corrected chi connectivity index (χ0v) is 14.9. The number of para-hydroxylation sites is 2. The summed E-state index contributed by atoms with van der Waals surface area (Å²) in [7, 11) is 0. The number of hydrogen-bond acceptors (Lipinski definition) is 3. The zero-order chi connectivity index (χ0) is 18.4. The Balaban J connectivity index is 1.60. The predicted octanol–water partition coefficient (Wildman–Crippen LogP) is 3.87. The van der Waals surface area contributed by atoms with E-state index < -0.39 is 0 Å². The largest absolute Gasteiger partial charge is 0.324 e. The van der Waals surface area contributed by atoms with Crippen LogP contribution < -0.4 is 10.6 Å². The molecule has 5 nitrogen and oxygen atoms in total. The summed E-state index contributed by atoms with van der Waals surface area (Å²) in [5.74, 6) is 0.132. The third kappa shape index (κ3) is 5.02. The number of aromatic nitrogens is 1. The lowest BCUT2D eigenvalue weighted by molar-refractivity contribution is -0.117. The van der Waals surface area contributed by atoms with Crippen molar-refractivity contribution in [2.45, 2.75) is 32.6 Å². The van der Waals surface area contributed by atoms with Crippen molar-refractivity contribution in [1.29, 1.82) is 0 Å². The molecule has 1 aromatic heterocycles. The molecule has 0 fully saturated rings. The molecule has 2 N–H and O–H groups in total. The number of amides is 2. The SMILES string of the molecule is Cc1ccc(CC(=O)Nc2ccccc2NC(=O)C[C@H]2C=CCC2)cn1. The molecule has 26 heavy (non-hydrogen) atoms. The minimum absolute atomic E-state index is 0.0361. The Labute approximate surface area is 153 Å². The van der Waals surface area contributed by atoms with Gasteiger partial charge in [0.1, 0.15) is 0 Å². The summed E-state index contributed by atoms with van der Waals surface area (Å²) in [5.41, 5.74) is 2.99. The molecule has 0 radical (unpaired) electrons. The van der Waals surface area contributed by atoms with Crippen molar-refractivity contribution in [3.63, 3.8) is 0 Å². The first kappa shape index (κ1) is 17.9. The van der Waals surface area contributed by atoms with Gasteiger partial charge in [0.05, 0.1) is 17.8 Å². The monoisotopic (exact) mass is 349 g/mol. The summed E-state index contributed by atoms with van der Waals surface area (Å²) in [6, 6.07) is 11.0. The van der Waals surface area contributed by atoms with Crippen LogP contribution in [0.15, 0.2) is 54.7 Å². The minimum Gasteiger partial charge on any atom is -0.324 e. The zero-order valence-electron chi connectivity index (χ0n) is 14.9. The van der Waals surface area contributed by atoms with E-state index in [1.807, 2.05) is 31.2 Å². The molecule has 1 atom stereocenters. The van der Waals surface area contributed by atoms with Crippen molar-refractivity contribution >= 4 is 23.2 Å². The highest BCUT2D eigenvalue weighted by Gasteiger charge is 2.15. The van der Waals surface area contributed by atoms with Gasteiger partial charge in [0.15, 0.2) is 0 Å². The maximum absolute atomic E-state index is 12.3. The third-order valence-corrected chi connectivity index (χ3v) is 4.37. The van der Waals surface area contributed by atoms with Gasteiger partial charge in [0, 0.05) is 18.3 Å². The number of aryl methyl sites for hydroxylation is 1. The van der Waals surface area contributed by atoms with Gasteiger partial charge in [-0.2, -0.15) is 0 Å². The molecular weight excluding hydrogens is 326 g/mol. The minimum atomic E-state index is -0.143. The van der Waals surface area contributed by atoms with E-state index in [1.165, 1.54) is 0 Å². The van der Waals surface area contributed by atoms with Crippen LogP contribution in [0, 0.1) is 12.8 Å². The summed E-state index contributed by atoms with van der Waals surface area (Å²) in [4.78, 5) is 28.8. The average Bonchev–Trinajstić information content (AvgIpc) is 3.11. The van der Waals surface area contributed by atoms with Crippen LogP contribution in [0.25, 0.3) is 0 Å². The average molecular weight is 349 g/mol. The quantitative estimate of drug-likeness (QED) is 0.778. The van der Waals surface area contributed by atoms with E-state index in [0.717, 1.165) is 24.1 Å². The van der Waals surface area contributed by atoms with Crippen molar-refractivity contribution in [3.8, 4) is 0 Å². The number of carbonyl (C=O) groups is 2. The normalized spacial score (nSPS) is 15.7. The van der Waals surface area contributed by atoms with Crippen LogP contribution in [0.3, 0.4) is 0 Å². The van der Waals surface area contributed by atoms with Gasteiger partial charge >= 0.3 is 0 Å². The third-order valence-electron chi connectivity index (χ3n) is 4.37. The molecule has 0 saturated heterocycles. The van der Waals surface area contributed by atoms with Crippen LogP contribution in [0.2, 0.25) is 0 Å². The first-order chi connectivity index (χ1) is 12.6. The fourth-order valence-corrected chi connectivity index (χ4v) is 2.99. The second kappa shape index (κ2) is 8.43. The van der Waals surface area contributed by atoms with E-state index in [9.17, 15) is 9.59 Å². The summed E-state index contributed by atoms with van der Waals surface area (Å²) >= 11 is 0. The maximum atomic E-state index is 12.3. The molecule has 0 unspecified atom stereocenters. The van der Waals surface area contributed by atoms with Gasteiger partial charge in [-0.15, -0.1) is 0 Å². The number of benzene rings is 1. The lowest BCUT2D eigenvalue weighted by Crippen LogP contribution is -2.19. The van der Waals surface area contributed by atoms with Crippen molar-refractivity contribution in [2.24, 2.45) is 5.92 Å². The van der Waals surface area contributed by atoms with Crippen LogP contribution in [0.1, 0.15) is 30.5 Å². The van der Waals surface area contributed by atoms with Gasteiger partial charge in [-0.05, 0) is 49.4 Å². The second-order valence-corrected chi connectivity index (χ2v) is 6.60.